The molecule has 0 saturated carbocycles. The van der Waals surface area contributed by atoms with Crippen molar-refractivity contribution in [1.29, 1.82) is 0 Å². The van der Waals surface area contributed by atoms with E-state index >= 15 is 0 Å². The van der Waals surface area contributed by atoms with Crippen molar-refractivity contribution < 1.29 is 9.13 Å². The highest BCUT2D eigenvalue weighted by Crippen LogP contribution is 2.21. The lowest BCUT2D eigenvalue weighted by Crippen LogP contribution is -2.34. The van der Waals surface area contributed by atoms with Gasteiger partial charge in [-0.15, -0.1) is 0 Å². The van der Waals surface area contributed by atoms with E-state index in [9.17, 15) is 9.18 Å². The number of hydrogen-bond donors (Lipinski definition) is 0. The molecule has 0 spiro atoms. The molecule has 1 aliphatic rings. The molecule has 3 rings (SSSR count). The molecule has 1 aliphatic heterocycles. The number of rotatable bonds is 3. The van der Waals surface area contributed by atoms with E-state index in [0.717, 1.165) is 24.2 Å². The average molecular weight is 303 g/mol. The lowest BCUT2D eigenvalue weighted by Gasteiger charge is -2.28. The Balaban J connectivity index is 1.78. The van der Waals surface area contributed by atoms with E-state index in [1.807, 2.05) is 0 Å². The Kier molecular flexibility index (Phi) is 3.94. The summed E-state index contributed by atoms with van der Waals surface area (Å²) >= 11 is 0. The summed E-state index contributed by atoms with van der Waals surface area (Å²) < 4.78 is 20.4. The van der Waals surface area contributed by atoms with E-state index in [1.54, 1.807) is 25.2 Å². The summed E-state index contributed by atoms with van der Waals surface area (Å²) in [5.41, 5.74) is 2.40. The lowest BCUT2D eigenvalue weighted by molar-refractivity contribution is 0.238. The van der Waals surface area contributed by atoms with Gasteiger partial charge in [-0.25, -0.2) is 9.07 Å². The van der Waals surface area contributed by atoms with Gasteiger partial charge < -0.3 is 4.74 Å². The number of benzene rings is 1. The Hall–Kier alpha value is -2.21. The average Bonchev–Trinajstić information content (AvgIpc) is 2.50. The lowest BCUT2D eigenvalue weighted by atomic mass is 10.1. The van der Waals surface area contributed by atoms with Gasteiger partial charge in [0, 0.05) is 50.8 Å². The van der Waals surface area contributed by atoms with Crippen molar-refractivity contribution in [2.75, 3.05) is 13.7 Å². The molecule has 0 fully saturated rings. The quantitative estimate of drug-likeness (QED) is 0.862. The number of methoxy groups -OCH3 is 1. The highest BCUT2D eigenvalue weighted by molar-refractivity contribution is 5.29. The van der Waals surface area contributed by atoms with Gasteiger partial charge in [0.05, 0.1) is 12.8 Å². The van der Waals surface area contributed by atoms with Gasteiger partial charge in [0.15, 0.2) is 0 Å². The van der Waals surface area contributed by atoms with Gasteiger partial charge >= 0.3 is 0 Å². The van der Waals surface area contributed by atoms with Crippen LogP contribution in [0, 0.1) is 5.82 Å². The Labute approximate surface area is 127 Å². The van der Waals surface area contributed by atoms with Crippen LogP contribution in [0.1, 0.15) is 16.8 Å². The van der Waals surface area contributed by atoms with Crippen molar-refractivity contribution in [1.82, 2.24) is 14.7 Å². The number of halogens is 1. The van der Waals surface area contributed by atoms with Gasteiger partial charge in [-0.05, 0) is 11.6 Å². The Bertz CT molecular complexity index is 758. The zero-order valence-corrected chi connectivity index (χ0v) is 12.7. The summed E-state index contributed by atoms with van der Waals surface area (Å²) in [7, 11) is 3.17. The normalized spacial score (nSPS) is 14.7. The summed E-state index contributed by atoms with van der Waals surface area (Å²) in [6.07, 6.45) is 0.765. The van der Waals surface area contributed by atoms with Crippen LogP contribution in [-0.4, -0.2) is 28.3 Å². The third-order valence-electron chi connectivity index (χ3n) is 3.97. The summed E-state index contributed by atoms with van der Waals surface area (Å²) in [4.78, 5) is 13.8. The standard InChI is InChI=1S/C16H18FN3O2/c1-19-16(21)7-12-10-20(6-5-15(12)18-19)9-11-3-4-13(22-2)8-14(11)17/h3-4,7-8H,5-6,9-10H2,1-2H3. The molecule has 2 heterocycles. The SMILES string of the molecule is COc1ccc(CN2CCc3nn(C)c(=O)cc3C2)c(F)c1. The molecule has 0 amide bonds. The molecule has 0 radical (unpaired) electrons. The van der Waals surface area contributed by atoms with Crippen molar-refractivity contribution >= 4 is 0 Å². The molecule has 0 unspecified atom stereocenters. The third-order valence-corrected chi connectivity index (χ3v) is 3.97. The highest BCUT2D eigenvalue weighted by Gasteiger charge is 2.19. The summed E-state index contributed by atoms with van der Waals surface area (Å²) in [6.45, 7) is 1.91. The monoisotopic (exact) mass is 303 g/mol. The number of fused-ring (bicyclic) bond motifs is 1. The van der Waals surface area contributed by atoms with Crippen LogP contribution in [0.5, 0.6) is 5.75 Å². The molecule has 5 nitrogen and oxygen atoms in total. The molecule has 0 atom stereocenters. The summed E-state index contributed by atoms with van der Waals surface area (Å²) in [6, 6.07) is 6.52. The first-order chi connectivity index (χ1) is 10.6. The van der Waals surface area contributed by atoms with Gasteiger partial charge in [-0.2, -0.15) is 5.10 Å². The van der Waals surface area contributed by atoms with Gasteiger partial charge in [-0.1, -0.05) is 6.07 Å². The van der Waals surface area contributed by atoms with E-state index in [1.165, 1.54) is 17.9 Å². The van der Waals surface area contributed by atoms with Crippen LogP contribution in [0.25, 0.3) is 0 Å². The summed E-state index contributed by atoms with van der Waals surface area (Å²) in [5.74, 6) is 0.241. The Morgan fingerprint density at radius 1 is 1.36 bits per heavy atom. The predicted molar refractivity (Wildman–Crippen MR) is 80.2 cm³/mol. The predicted octanol–water partition coefficient (Wildman–Crippen LogP) is 1.49. The van der Waals surface area contributed by atoms with Crippen LogP contribution in [0.15, 0.2) is 29.1 Å². The van der Waals surface area contributed by atoms with E-state index < -0.39 is 0 Å². The van der Waals surface area contributed by atoms with E-state index in [-0.39, 0.29) is 11.4 Å². The second-order valence-corrected chi connectivity index (χ2v) is 5.50. The molecular formula is C16H18FN3O2. The van der Waals surface area contributed by atoms with Crippen LogP contribution in [0.4, 0.5) is 4.39 Å². The highest BCUT2D eigenvalue weighted by atomic mass is 19.1. The number of aromatic nitrogens is 2. The third kappa shape index (κ3) is 2.87. The van der Waals surface area contributed by atoms with E-state index in [2.05, 4.69) is 10.00 Å². The first kappa shape index (κ1) is 14.7. The first-order valence-corrected chi connectivity index (χ1v) is 7.17. The molecule has 2 aromatic rings. The van der Waals surface area contributed by atoms with Crippen molar-refractivity contribution in [2.24, 2.45) is 7.05 Å². The van der Waals surface area contributed by atoms with Crippen LogP contribution in [0.3, 0.4) is 0 Å². The molecule has 22 heavy (non-hydrogen) atoms. The Morgan fingerprint density at radius 2 is 2.18 bits per heavy atom. The molecule has 0 aliphatic carbocycles. The zero-order chi connectivity index (χ0) is 15.7. The molecule has 0 bridgehead atoms. The minimum absolute atomic E-state index is 0.115. The minimum atomic E-state index is -0.271. The summed E-state index contributed by atoms with van der Waals surface area (Å²) in [5, 5.41) is 4.28. The van der Waals surface area contributed by atoms with Crippen LogP contribution >= 0.6 is 0 Å². The topological polar surface area (TPSA) is 47.4 Å². The zero-order valence-electron chi connectivity index (χ0n) is 12.7. The van der Waals surface area contributed by atoms with Crippen molar-refractivity contribution in [3.05, 3.63) is 57.3 Å². The van der Waals surface area contributed by atoms with Gasteiger partial charge in [-0.3, -0.25) is 9.69 Å². The maximum atomic E-state index is 14.0. The number of hydrogen-bond acceptors (Lipinski definition) is 4. The van der Waals surface area contributed by atoms with E-state index in [0.29, 0.717) is 24.4 Å². The van der Waals surface area contributed by atoms with Crippen molar-refractivity contribution in [3.8, 4) is 5.75 Å². The second kappa shape index (κ2) is 5.88. The first-order valence-electron chi connectivity index (χ1n) is 7.17. The molecular weight excluding hydrogens is 285 g/mol. The fraction of sp³-hybridized carbons (Fsp3) is 0.375. The number of nitrogens with zero attached hydrogens (tertiary/aromatic N) is 3. The maximum Gasteiger partial charge on any atom is 0.266 e. The molecule has 0 saturated heterocycles. The fourth-order valence-electron chi connectivity index (χ4n) is 2.71. The van der Waals surface area contributed by atoms with Gasteiger partial charge in [0.1, 0.15) is 11.6 Å². The number of aryl methyl sites for hydroxylation is 1. The van der Waals surface area contributed by atoms with Gasteiger partial charge in [0.25, 0.3) is 5.56 Å². The van der Waals surface area contributed by atoms with E-state index in [4.69, 9.17) is 4.74 Å². The maximum absolute atomic E-state index is 14.0. The molecule has 1 aromatic carbocycles. The Morgan fingerprint density at radius 3 is 2.91 bits per heavy atom. The van der Waals surface area contributed by atoms with Crippen LogP contribution < -0.4 is 10.3 Å². The van der Waals surface area contributed by atoms with Crippen LogP contribution in [0.2, 0.25) is 0 Å². The molecule has 1 aromatic heterocycles. The van der Waals surface area contributed by atoms with Gasteiger partial charge in [0.2, 0.25) is 0 Å². The molecule has 116 valence electrons. The van der Waals surface area contributed by atoms with Crippen molar-refractivity contribution in [3.63, 3.8) is 0 Å². The van der Waals surface area contributed by atoms with Crippen molar-refractivity contribution in [2.45, 2.75) is 19.5 Å². The largest absolute Gasteiger partial charge is 0.497 e. The minimum Gasteiger partial charge on any atom is -0.497 e. The van der Waals surface area contributed by atoms with Crippen LogP contribution in [-0.2, 0) is 26.6 Å². The second-order valence-electron chi connectivity index (χ2n) is 5.50. The number of ether oxygens (including phenoxy) is 1. The fourth-order valence-corrected chi connectivity index (χ4v) is 2.71. The molecule has 0 N–H and O–H groups in total. The smallest absolute Gasteiger partial charge is 0.266 e. The molecule has 6 heteroatoms.